The van der Waals surface area contributed by atoms with E-state index in [-0.39, 0.29) is 11.8 Å². The molecule has 1 saturated carbocycles. The number of hydrogen-bond acceptors (Lipinski definition) is 2. The van der Waals surface area contributed by atoms with E-state index >= 15 is 0 Å². The van der Waals surface area contributed by atoms with Crippen LogP contribution < -0.4 is 0 Å². The van der Waals surface area contributed by atoms with Crippen LogP contribution in [-0.4, -0.2) is 18.6 Å². The molecular weight excluding hydrogens is 319 g/mol. The van der Waals surface area contributed by atoms with Crippen molar-refractivity contribution in [1.82, 2.24) is 0 Å². The molecule has 0 aromatic heterocycles. The van der Waals surface area contributed by atoms with E-state index in [2.05, 4.69) is 12.1 Å². The Bertz CT molecular complexity index is 680. The minimum Gasteiger partial charge on any atom is -0.346 e. The van der Waals surface area contributed by atoms with Crippen LogP contribution in [0.3, 0.4) is 0 Å². The SMILES string of the molecule is COC1(OC)c2ccccc2[C@@H]2[C@H](c3ccccc31)C2(Cl)Cl. The van der Waals surface area contributed by atoms with Crippen LogP contribution in [0.1, 0.15) is 34.1 Å². The van der Waals surface area contributed by atoms with Gasteiger partial charge in [-0.2, -0.15) is 0 Å². The second-order valence-corrected chi connectivity index (χ2v) is 7.27. The molecule has 0 saturated heterocycles. The number of benzene rings is 2. The number of ether oxygens (including phenoxy) is 2. The summed E-state index contributed by atoms with van der Waals surface area (Å²) in [6, 6.07) is 16.2. The highest BCUT2D eigenvalue weighted by Crippen LogP contribution is 2.73. The zero-order valence-corrected chi connectivity index (χ0v) is 13.9. The van der Waals surface area contributed by atoms with Crippen LogP contribution in [0.2, 0.25) is 0 Å². The van der Waals surface area contributed by atoms with Gasteiger partial charge in [0, 0.05) is 37.2 Å². The molecule has 0 bridgehead atoms. The lowest BCUT2D eigenvalue weighted by atomic mass is 9.91. The predicted octanol–water partition coefficient (Wildman–Crippen LogP) is 4.55. The molecule has 2 aromatic rings. The van der Waals surface area contributed by atoms with Gasteiger partial charge >= 0.3 is 0 Å². The van der Waals surface area contributed by atoms with Gasteiger partial charge in [-0.1, -0.05) is 48.5 Å². The van der Waals surface area contributed by atoms with E-state index in [0.717, 1.165) is 22.3 Å². The van der Waals surface area contributed by atoms with Crippen molar-refractivity contribution in [3.8, 4) is 0 Å². The van der Waals surface area contributed by atoms with Crippen LogP contribution in [-0.2, 0) is 15.3 Å². The summed E-state index contributed by atoms with van der Waals surface area (Å²) in [7, 11) is 3.34. The Morgan fingerprint density at radius 2 is 1.18 bits per heavy atom. The summed E-state index contributed by atoms with van der Waals surface area (Å²) < 4.78 is 11.0. The lowest BCUT2D eigenvalue weighted by molar-refractivity contribution is -0.184. The molecule has 4 heteroatoms. The number of hydrogen-bond donors (Lipinski definition) is 0. The van der Waals surface area contributed by atoms with Crippen molar-refractivity contribution < 1.29 is 9.47 Å². The van der Waals surface area contributed by atoms with Gasteiger partial charge in [0.15, 0.2) is 0 Å². The highest BCUT2D eigenvalue weighted by atomic mass is 35.5. The Kier molecular flexibility index (Phi) is 3.11. The Balaban J connectivity index is 2.09. The van der Waals surface area contributed by atoms with Crippen LogP contribution in [0.25, 0.3) is 0 Å². The van der Waals surface area contributed by atoms with Gasteiger partial charge in [0.05, 0.1) is 0 Å². The van der Waals surface area contributed by atoms with Crippen LogP contribution >= 0.6 is 23.2 Å². The van der Waals surface area contributed by atoms with E-state index < -0.39 is 10.1 Å². The molecule has 114 valence electrons. The Morgan fingerprint density at radius 3 is 1.59 bits per heavy atom. The normalized spacial score (nSPS) is 26.4. The van der Waals surface area contributed by atoms with Gasteiger partial charge in [-0.05, 0) is 11.1 Å². The average molecular weight is 335 g/mol. The number of rotatable bonds is 2. The third-order valence-corrected chi connectivity index (χ3v) is 5.87. The lowest BCUT2D eigenvalue weighted by Gasteiger charge is -2.34. The summed E-state index contributed by atoms with van der Waals surface area (Å²) in [5.74, 6) is -0.814. The maximum Gasteiger partial charge on any atom is 0.222 e. The van der Waals surface area contributed by atoms with Crippen LogP contribution in [0.5, 0.6) is 0 Å². The van der Waals surface area contributed by atoms with Gasteiger partial charge in [0.25, 0.3) is 0 Å². The molecule has 0 radical (unpaired) electrons. The van der Waals surface area contributed by atoms with Crippen molar-refractivity contribution in [2.75, 3.05) is 14.2 Å². The van der Waals surface area contributed by atoms with E-state index in [4.69, 9.17) is 32.7 Å². The van der Waals surface area contributed by atoms with E-state index in [1.807, 2.05) is 36.4 Å². The zero-order chi connectivity index (χ0) is 15.5. The maximum absolute atomic E-state index is 6.60. The van der Waals surface area contributed by atoms with Crippen LogP contribution in [0.15, 0.2) is 48.5 Å². The second-order valence-electron chi connectivity index (χ2n) is 5.83. The quantitative estimate of drug-likeness (QED) is 0.592. The molecule has 2 aliphatic carbocycles. The molecule has 2 atom stereocenters. The predicted molar refractivity (Wildman–Crippen MR) is 87.6 cm³/mol. The Hall–Kier alpha value is -1.06. The van der Waals surface area contributed by atoms with Crippen LogP contribution in [0, 0.1) is 0 Å². The lowest BCUT2D eigenvalue weighted by Crippen LogP contribution is -2.34. The fraction of sp³-hybridized carbons (Fsp3) is 0.333. The Morgan fingerprint density at radius 1 is 0.773 bits per heavy atom. The molecule has 22 heavy (non-hydrogen) atoms. The second kappa shape index (κ2) is 4.72. The number of halogens is 2. The van der Waals surface area contributed by atoms with Gasteiger partial charge in [0.1, 0.15) is 4.33 Å². The van der Waals surface area contributed by atoms with E-state index in [1.54, 1.807) is 14.2 Å². The molecule has 0 amide bonds. The monoisotopic (exact) mass is 334 g/mol. The van der Waals surface area contributed by atoms with Crippen molar-refractivity contribution in [3.05, 3.63) is 70.8 Å². The first kappa shape index (κ1) is 14.5. The molecule has 2 nitrogen and oxygen atoms in total. The molecule has 2 aromatic carbocycles. The van der Waals surface area contributed by atoms with Crippen molar-refractivity contribution in [3.63, 3.8) is 0 Å². The summed E-state index contributed by atoms with van der Waals surface area (Å²) in [6.07, 6.45) is 0. The molecule has 0 spiro atoms. The fourth-order valence-corrected chi connectivity index (χ4v) is 4.75. The van der Waals surface area contributed by atoms with Gasteiger partial charge in [-0.25, -0.2) is 0 Å². The molecule has 0 N–H and O–H groups in total. The summed E-state index contributed by atoms with van der Waals surface area (Å²) in [5.41, 5.74) is 4.14. The first-order chi connectivity index (χ1) is 10.6. The van der Waals surface area contributed by atoms with Crippen molar-refractivity contribution >= 4 is 23.2 Å². The molecule has 1 fully saturated rings. The zero-order valence-electron chi connectivity index (χ0n) is 12.3. The summed E-state index contributed by atoms with van der Waals surface area (Å²) in [4.78, 5) is 0. The van der Waals surface area contributed by atoms with E-state index in [9.17, 15) is 0 Å². The average Bonchev–Trinajstić information content (AvgIpc) is 3.15. The molecule has 0 aliphatic heterocycles. The number of fused-ring (bicyclic) bond motifs is 5. The van der Waals surface area contributed by atoms with Gasteiger partial charge in [-0.15, -0.1) is 23.2 Å². The third kappa shape index (κ3) is 1.64. The highest BCUT2D eigenvalue weighted by molar-refractivity contribution is 6.52. The van der Waals surface area contributed by atoms with Crippen molar-refractivity contribution in [1.29, 1.82) is 0 Å². The van der Waals surface area contributed by atoms with Crippen LogP contribution in [0.4, 0.5) is 0 Å². The first-order valence-electron chi connectivity index (χ1n) is 7.25. The smallest absolute Gasteiger partial charge is 0.222 e. The minimum absolute atomic E-state index is 0.0559. The van der Waals surface area contributed by atoms with Gasteiger partial charge < -0.3 is 9.47 Å². The Labute approximate surface area is 140 Å². The standard InChI is InChI=1S/C18H16Cl2O2/c1-21-18(22-2)13-9-5-3-7-11(13)15-16(17(15,19)20)12-8-4-6-10-14(12)18/h3-10,15-16H,1-2H3/t15-,16+. The fourth-order valence-electron chi connectivity index (χ4n) is 3.90. The van der Waals surface area contributed by atoms with E-state index in [1.165, 1.54) is 0 Å². The maximum atomic E-state index is 6.60. The summed E-state index contributed by atoms with van der Waals surface area (Å²) in [5, 5.41) is 0. The van der Waals surface area contributed by atoms with Gasteiger partial charge in [-0.3, -0.25) is 0 Å². The molecule has 2 aliphatic rings. The summed E-state index contributed by atoms with van der Waals surface area (Å²) >= 11 is 13.2. The molecular formula is C18H16Cl2O2. The van der Waals surface area contributed by atoms with E-state index in [0.29, 0.717) is 0 Å². The van der Waals surface area contributed by atoms with Crippen molar-refractivity contribution in [2.24, 2.45) is 0 Å². The third-order valence-electron chi connectivity index (χ3n) is 4.93. The summed E-state index contributed by atoms with van der Waals surface area (Å²) in [6.45, 7) is 0. The number of methoxy groups -OCH3 is 2. The highest BCUT2D eigenvalue weighted by Gasteiger charge is 2.68. The largest absolute Gasteiger partial charge is 0.346 e. The molecule has 0 heterocycles. The topological polar surface area (TPSA) is 18.5 Å². The minimum atomic E-state index is -0.926. The first-order valence-corrected chi connectivity index (χ1v) is 8.00. The number of alkyl halides is 2. The van der Waals surface area contributed by atoms with Crippen molar-refractivity contribution in [2.45, 2.75) is 22.0 Å². The van der Waals surface area contributed by atoms with Gasteiger partial charge in [0.2, 0.25) is 5.79 Å². The molecule has 4 rings (SSSR count). The molecule has 0 unspecified atom stereocenters.